The van der Waals surface area contributed by atoms with Gasteiger partial charge in [-0.25, -0.2) is 8.78 Å². The highest BCUT2D eigenvalue weighted by Crippen LogP contribution is 2.48. The largest absolute Gasteiger partial charge is 0.435 e. The fourth-order valence-electron chi connectivity index (χ4n) is 3.90. The van der Waals surface area contributed by atoms with Crippen LogP contribution in [0.1, 0.15) is 49.2 Å². The first-order valence-electron chi connectivity index (χ1n) is 8.01. The van der Waals surface area contributed by atoms with Gasteiger partial charge in [0.25, 0.3) is 5.92 Å². The highest BCUT2D eigenvalue weighted by molar-refractivity contribution is 5.35. The van der Waals surface area contributed by atoms with Gasteiger partial charge in [-0.3, -0.25) is 4.68 Å². The molecule has 0 aromatic carbocycles. The van der Waals surface area contributed by atoms with Gasteiger partial charge >= 0.3 is 12.8 Å². The number of hydrogen-bond acceptors (Lipinski definition) is 3. The van der Waals surface area contributed by atoms with Gasteiger partial charge in [0, 0.05) is 24.2 Å². The summed E-state index contributed by atoms with van der Waals surface area (Å²) in [5, 5.41) is 13.1. The van der Waals surface area contributed by atoms with Crippen molar-refractivity contribution < 1.29 is 40.6 Å². The van der Waals surface area contributed by atoms with Crippen molar-refractivity contribution in [2.75, 3.05) is 0 Å². The molecule has 3 rings (SSSR count). The fourth-order valence-corrected chi connectivity index (χ4v) is 3.90. The van der Waals surface area contributed by atoms with Gasteiger partial charge in [0.2, 0.25) is 0 Å². The van der Waals surface area contributed by atoms with Crippen molar-refractivity contribution in [2.45, 2.75) is 69.6 Å². The van der Waals surface area contributed by atoms with Gasteiger partial charge < -0.3 is 9.84 Å². The lowest BCUT2D eigenvalue weighted by atomic mass is 9.72. The standard InChI is InChI=1S/C15H17F7N2O2/c1-13(26-12(16)17)4-7(5-13)6-24-8-2-3-14(18,19)11(25)9(8)10(23-24)15(20,21)22/h7,11-12,25H,2-6H2,1H3/t7?,11-,13?/m0/s1. The number of rotatable bonds is 4. The van der Waals surface area contributed by atoms with Crippen LogP contribution >= 0.6 is 0 Å². The van der Waals surface area contributed by atoms with E-state index in [4.69, 9.17) is 0 Å². The van der Waals surface area contributed by atoms with Crippen LogP contribution in [0.15, 0.2) is 0 Å². The molecule has 1 heterocycles. The van der Waals surface area contributed by atoms with E-state index in [0.29, 0.717) is 0 Å². The SMILES string of the molecule is CC1(OC(F)F)CC(Cn2nc(C(F)(F)F)c3c2CCC(F)(F)[C@H]3O)C1. The second-order valence-corrected chi connectivity index (χ2v) is 7.16. The zero-order valence-corrected chi connectivity index (χ0v) is 13.7. The number of alkyl halides is 7. The summed E-state index contributed by atoms with van der Waals surface area (Å²) in [5.41, 5.74) is -3.56. The van der Waals surface area contributed by atoms with Gasteiger partial charge in [0.1, 0.15) is 6.10 Å². The Labute approximate surface area is 143 Å². The number of fused-ring (bicyclic) bond motifs is 1. The van der Waals surface area contributed by atoms with Crippen molar-refractivity contribution in [3.8, 4) is 0 Å². The Balaban J connectivity index is 1.84. The third kappa shape index (κ3) is 3.42. The first-order valence-corrected chi connectivity index (χ1v) is 8.01. The zero-order valence-electron chi connectivity index (χ0n) is 13.7. The van der Waals surface area contributed by atoms with E-state index < -0.39 is 48.1 Å². The maximum Gasteiger partial charge on any atom is 0.435 e. The molecule has 148 valence electrons. The van der Waals surface area contributed by atoms with Crippen LogP contribution in [-0.4, -0.2) is 33.0 Å². The molecular weight excluding hydrogens is 373 g/mol. The number of halogens is 7. The Morgan fingerprint density at radius 2 is 1.92 bits per heavy atom. The number of aromatic nitrogens is 2. The summed E-state index contributed by atoms with van der Waals surface area (Å²) < 4.78 is 97.0. The van der Waals surface area contributed by atoms with E-state index in [1.54, 1.807) is 0 Å². The molecule has 26 heavy (non-hydrogen) atoms. The van der Waals surface area contributed by atoms with Crippen LogP contribution in [0, 0.1) is 5.92 Å². The first-order chi connectivity index (χ1) is 11.8. The molecule has 0 amide bonds. The van der Waals surface area contributed by atoms with Gasteiger partial charge in [0.15, 0.2) is 5.69 Å². The van der Waals surface area contributed by atoms with E-state index in [-0.39, 0.29) is 37.4 Å². The summed E-state index contributed by atoms with van der Waals surface area (Å²) in [4.78, 5) is 0. The van der Waals surface area contributed by atoms with Crippen molar-refractivity contribution in [1.29, 1.82) is 0 Å². The predicted molar refractivity (Wildman–Crippen MR) is 73.7 cm³/mol. The number of hydrogen-bond donors (Lipinski definition) is 1. The quantitative estimate of drug-likeness (QED) is 0.793. The Morgan fingerprint density at radius 1 is 1.31 bits per heavy atom. The molecule has 1 atom stereocenters. The molecule has 0 unspecified atom stereocenters. The Bertz CT molecular complexity index is 680. The molecule has 0 spiro atoms. The molecule has 0 saturated heterocycles. The molecule has 1 N–H and O–H groups in total. The number of aliphatic hydroxyl groups excluding tert-OH is 1. The third-order valence-corrected chi connectivity index (χ3v) is 4.98. The maximum atomic E-state index is 13.7. The molecule has 0 radical (unpaired) electrons. The molecule has 1 saturated carbocycles. The second kappa shape index (κ2) is 6.08. The van der Waals surface area contributed by atoms with E-state index in [0.717, 1.165) is 4.68 Å². The van der Waals surface area contributed by atoms with Crippen molar-refractivity contribution in [3.63, 3.8) is 0 Å². The van der Waals surface area contributed by atoms with Crippen LogP contribution in [0.25, 0.3) is 0 Å². The molecule has 1 aromatic rings. The monoisotopic (exact) mass is 390 g/mol. The Morgan fingerprint density at radius 3 is 2.46 bits per heavy atom. The smallest absolute Gasteiger partial charge is 0.382 e. The van der Waals surface area contributed by atoms with Crippen LogP contribution in [0.4, 0.5) is 30.7 Å². The lowest BCUT2D eigenvalue weighted by Crippen LogP contribution is -2.46. The topological polar surface area (TPSA) is 47.3 Å². The molecule has 1 fully saturated rings. The molecule has 4 nitrogen and oxygen atoms in total. The molecule has 2 aliphatic rings. The predicted octanol–water partition coefficient (Wildman–Crippen LogP) is 3.92. The minimum absolute atomic E-state index is 0.0428. The average molecular weight is 390 g/mol. The summed E-state index contributed by atoms with van der Waals surface area (Å²) in [6, 6.07) is 0. The van der Waals surface area contributed by atoms with Crippen LogP contribution in [-0.2, 0) is 23.9 Å². The summed E-state index contributed by atoms with van der Waals surface area (Å²) in [6.07, 6.45) is -8.35. The van der Waals surface area contributed by atoms with Crippen molar-refractivity contribution >= 4 is 0 Å². The van der Waals surface area contributed by atoms with Gasteiger partial charge in [0.05, 0.1) is 5.60 Å². The number of aliphatic hydroxyl groups is 1. The Hall–Kier alpha value is -1.36. The lowest BCUT2D eigenvalue weighted by molar-refractivity contribution is -0.240. The molecular formula is C15H17F7N2O2. The Kier molecular flexibility index (Phi) is 4.54. The molecule has 0 aliphatic heterocycles. The summed E-state index contributed by atoms with van der Waals surface area (Å²) in [7, 11) is 0. The first kappa shape index (κ1) is 19.4. The molecule has 1 aromatic heterocycles. The average Bonchev–Trinajstić information content (AvgIpc) is 2.80. The minimum Gasteiger partial charge on any atom is -0.382 e. The number of nitrogens with zero attached hydrogens (tertiary/aromatic N) is 2. The molecule has 2 aliphatic carbocycles. The van der Waals surface area contributed by atoms with Crippen LogP contribution in [0.5, 0.6) is 0 Å². The third-order valence-electron chi connectivity index (χ3n) is 4.98. The van der Waals surface area contributed by atoms with Crippen molar-refractivity contribution in [1.82, 2.24) is 9.78 Å². The number of ether oxygens (including phenoxy) is 1. The molecule has 0 bridgehead atoms. The normalized spacial score (nSPS) is 31.0. The maximum absolute atomic E-state index is 13.7. The van der Waals surface area contributed by atoms with Gasteiger partial charge in [-0.15, -0.1) is 0 Å². The zero-order chi connectivity index (χ0) is 19.5. The highest BCUT2D eigenvalue weighted by Gasteiger charge is 2.52. The summed E-state index contributed by atoms with van der Waals surface area (Å²) in [6.45, 7) is -1.52. The summed E-state index contributed by atoms with van der Waals surface area (Å²) in [5.74, 6) is -3.94. The second-order valence-electron chi connectivity index (χ2n) is 7.16. The van der Waals surface area contributed by atoms with Crippen LogP contribution < -0.4 is 0 Å². The van der Waals surface area contributed by atoms with E-state index in [1.807, 2.05) is 0 Å². The van der Waals surface area contributed by atoms with Crippen LogP contribution in [0.3, 0.4) is 0 Å². The van der Waals surface area contributed by atoms with E-state index >= 15 is 0 Å². The van der Waals surface area contributed by atoms with Crippen molar-refractivity contribution in [2.24, 2.45) is 5.92 Å². The fraction of sp³-hybridized carbons (Fsp3) is 0.800. The van der Waals surface area contributed by atoms with E-state index in [9.17, 15) is 35.8 Å². The highest BCUT2D eigenvalue weighted by atomic mass is 19.4. The van der Waals surface area contributed by atoms with Crippen LogP contribution in [0.2, 0.25) is 0 Å². The van der Waals surface area contributed by atoms with E-state index in [2.05, 4.69) is 9.84 Å². The van der Waals surface area contributed by atoms with Gasteiger partial charge in [-0.1, -0.05) is 0 Å². The minimum atomic E-state index is -4.99. The van der Waals surface area contributed by atoms with E-state index in [1.165, 1.54) is 6.92 Å². The van der Waals surface area contributed by atoms with Gasteiger partial charge in [-0.05, 0) is 32.1 Å². The summed E-state index contributed by atoms with van der Waals surface area (Å²) >= 11 is 0. The van der Waals surface area contributed by atoms with Gasteiger partial charge in [-0.2, -0.15) is 27.1 Å². The van der Waals surface area contributed by atoms with Crippen molar-refractivity contribution in [3.05, 3.63) is 17.0 Å². The lowest BCUT2D eigenvalue weighted by Gasteiger charge is -2.44. The molecule has 11 heteroatoms.